The lowest BCUT2D eigenvalue weighted by Gasteiger charge is -2.23. The second-order valence-corrected chi connectivity index (χ2v) is 7.77. The van der Waals surface area contributed by atoms with Crippen LogP contribution >= 0.6 is 0 Å². The van der Waals surface area contributed by atoms with Crippen LogP contribution in [0.3, 0.4) is 0 Å². The standard InChI is InChI=1S/C22H29N5O/c1-6-16-7-9-17(10-8-16)20(14(2)3)24-22(28)23-18-11-12-19-25-26-21(15(4)5)27(19)13-18/h7-15,20H,6H2,1-5H3,(H2,23,24,28). The van der Waals surface area contributed by atoms with Gasteiger partial charge in [0.1, 0.15) is 5.82 Å². The molecular formula is C22H29N5O. The number of pyridine rings is 1. The number of hydrogen-bond donors (Lipinski definition) is 2. The van der Waals surface area contributed by atoms with Gasteiger partial charge in [-0.15, -0.1) is 10.2 Å². The van der Waals surface area contributed by atoms with Crippen LogP contribution in [0, 0.1) is 5.92 Å². The summed E-state index contributed by atoms with van der Waals surface area (Å²) in [7, 11) is 0. The maximum Gasteiger partial charge on any atom is 0.319 e. The van der Waals surface area contributed by atoms with Crippen LogP contribution in [0.4, 0.5) is 10.5 Å². The summed E-state index contributed by atoms with van der Waals surface area (Å²) in [5.74, 6) is 1.39. The third kappa shape index (κ3) is 4.32. The Balaban J connectivity index is 1.75. The summed E-state index contributed by atoms with van der Waals surface area (Å²) < 4.78 is 1.92. The van der Waals surface area contributed by atoms with Crippen LogP contribution in [0.1, 0.15) is 63.5 Å². The predicted molar refractivity (Wildman–Crippen MR) is 113 cm³/mol. The van der Waals surface area contributed by atoms with Crippen molar-refractivity contribution in [2.75, 3.05) is 5.32 Å². The van der Waals surface area contributed by atoms with E-state index in [1.165, 1.54) is 5.56 Å². The molecule has 0 aliphatic rings. The maximum absolute atomic E-state index is 12.7. The van der Waals surface area contributed by atoms with Gasteiger partial charge in [-0.2, -0.15) is 0 Å². The first-order valence-electron chi connectivity index (χ1n) is 9.90. The van der Waals surface area contributed by atoms with Gasteiger partial charge in [-0.3, -0.25) is 4.40 Å². The van der Waals surface area contributed by atoms with Crippen molar-refractivity contribution in [2.24, 2.45) is 5.92 Å². The number of nitrogens with zero attached hydrogens (tertiary/aromatic N) is 3. The number of aromatic nitrogens is 3. The second kappa shape index (κ2) is 8.42. The van der Waals surface area contributed by atoms with Gasteiger partial charge in [0, 0.05) is 12.1 Å². The number of nitrogens with one attached hydrogen (secondary N) is 2. The van der Waals surface area contributed by atoms with Crippen molar-refractivity contribution in [2.45, 2.75) is 53.0 Å². The van der Waals surface area contributed by atoms with Crippen molar-refractivity contribution in [3.8, 4) is 0 Å². The minimum absolute atomic E-state index is 0.0595. The van der Waals surface area contributed by atoms with E-state index in [1.807, 2.05) is 22.7 Å². The molecule has 1 atom stereocenters. The van der Waals surface area contributed by atoms with Gasteiger partial charge >= 0.3 is 6.03 Å². The van der Waals surface area contributed by atoms with E-state index in [0.717, 1.165) is 23.5 Å². The summed E-state index contributed by atoms with van der Waals surface area (Å²) in [6, 6.07) is 11.9. The Morgan fingerprint density at radius 2 is 1.75 bits per heavy atom. The summed E-state index contributed by atoms with van der Waals surface area (Å²) in [6.45, 7) is 10.5. The number of anilines is 1. The first-order valence-corrected chi connectivity index (χ1v) is 9.90. The molecular weight excluding hydrogens is 350 g/mol. The first-order chi connectivity index (χ1) is 13.4. The highest BCUT2D eigenvalue weighted by Crippen LogP contribution is 2.23. The molecule has 2 heterocycles. The molecule has 0 aliphatic carbocycles. The zero-order valence-corrected chi connectivity index (χ0v) is 17.2. The smallest absolute Gasteiger partial charge is 0.319 e. The van der Waals surface area contributed by atoms with Crippen molar-refractivity contribution in [3.63, 3.8) is 0 Å². The molecule has 2 amide bonds. The van der Waals surface area contributed by atoms with Crippen LogP contribution in [0.25, 0.3) is 5.65 Å². The molecule has 6 nitrogen and oxygen atoms in total. The number of fused-ring (bicyclic) bond motifs is 1. The fraction of sp³-hybridized carbons (Fsp3) is 0.409. The highest BCUT2D eigenvalue weighted by atomic mass is 16.2. The first kappa shape index (κ1) is 19.9. The molecule has 0 saturated heterocycles. The van der Waals surface area contributed by atoms with E-state index in [1.54, 1.807) is 0 Å². The molecule has 0 spiro atoms. The average molecular weight is 380 g/mol. The van der Waals surface area contributed by atoms with Crippen molar-refractivity contribution in [1.82, 2.24) is 19.9 Å². The topological polar surface area (TPSA) is 71.3 Å². The van der Waals surface area contributed by atoms with E-state index in [2.05, 4.69) is 79.7 Å². The molecule has 148 valence electrons. The molecule has 0 aliphatic heterocycles. The Kier molecular flexibility index (Phi) is 5.97. The molecule has 0 fully saturated rings. The fourth-order valence-corrected chi connectivity index (χ4v) is 3.28. The summed E-state index contributed by atoms with van der Waals surface area (Å²) in [6.07, 6.45) is 2.87. The van der Waals surface area contributed by atoms with Gasteiger partial charge in [0.25, 0.3) is 0 Å². The number of hydrogen-bond acceptors (Lipinski definition) is 3. The Morgan fingerprint density at radius 3 is 2.36 bits per heavy atom. The van der Waals surface area contributed by atoms with E-state index in [-0.39, 0.29) is 23.9 Å². The Hall–Kier alpha value is -2.89. The zero-order valence-electron chi connectivity index (χ0n) is 17.2. The lowest BCUT2D eigenvalue weighted by atomic mass is 9.95. The van der Waals surface area contributed by atoms with Crippen LogP contribution in [0.5, 0.6) is 0 Å². The molecule has 3 aromatic rings. The number of benzene rings is 1. The largest absolute Gasteiger partial charge is 0.331 e. The van der Waals surface area contributed by atoms with E-state index in [4.69, 9.17) is 0 Å². The molecule has 1 unspecified atom stereocenters. The quantitative estimate of drug-likeness (QED) is 0.638. The summed E-state index contributed by atoms with van der Waals surface area (Å²) in [4.78, 5) is 12.7. The van der Waals surface area contributed by atoms with Gasteiger partial charge < -0.3 is 10.6 Å². The molecule has 3 rings (SSSR count). The highest BCUT2D eigenvalue weighted by molar-refractivity contribution is 5.89. The molecule has 28 heavy (non-hydrogen) atoms. The Bertz CT molecular complexity index is 943. The SMILES string of the molecule is CCc1ccc(C(NC(=O)Nc2ccc3nnc(C(C)C)n3c2)C(C)C)cc1. The summed E-state index contributed by atoms with van der Waals surface area (Å²) in [5.41, 5.74) is 3.87. The van der Waals surface area contributed by atoms with Gasteiger partial charge in [0.05, 0.1) is 11.7 Å². The van der Waals surface area contributed by atoms with Crippen LogP contribution < -0.4 is 10.6 Å². The monoisotopic (exact) mass is 379 g/mol. The number of amides is 2. The van der Waals surface area contributed by atoms with Crippen LogP contribution in [0.2, 0.25) is 0 Å². The number of rotatable bonds is 6. The molecule has 2 aromatic heterocycles. The summed E-state index contributed by atoms with van der Waals surface area (Å²) in [5, 5.41) is 14.4. The van der Waals surface area contributed by atoms with Gasteiger partial charge in [-0.05, 0) is 35.6 Å². The van der Waals surface area contributed by atoms with Crippen molar-refractivity contribution >= 4 is 17.4 Å². The van der Waals surface area contributed by atoms with Crippen molar-refractivity contribution < 1.29 is 4.79 Å². The maximum atomic E-state index is 12.7. The third-order valence-corrected chi connectivity index (χ3v) is 4.90. The number of carbonyl (C=O) groups excluding carboxylic acids is 1. The molecule has 1 aromatic carbocycles. The Labute approximate surface area is 166 Å². The fourth-order valence-electron chi connectivity index (χ4n) is 3.28. The Morgan fingerprint density at radius 1 is 1.04 bits per heavy atom. The number of carbonyl (C=O) groups is 1. The highest BCUT2D eigenvalue weighted by Gasteiger charge is 2.19. The minimum Gasteiger partial charge on any atom is -0.331 e. The molecule has 0 saturated carbocycles. The van der Waals surface area contributed by atoms with Crippen LogP contribution in [-0.4, -0.2) is 20.6 Å². The lowest BCUT2D eigenvalue weighted by molar-refractivity contribution is 0.244. The minimum atomic E-state index is -0.225. The molecule has 0 radical (unpaired) electrons. The number of aryl methyl sites for hydroxylation is 1. The van der Waals surface area contributed by atoms with Crippen molar-refractivity contribution in [1.29, 1.82) is 0 Å². The van der Waals surface area contributed by atoms with E-state index >= 15 is 0 Å². The lowest BCUT2D eigenvalue weighted by Crippen LogP contribution is -2.35. The predicted octanol–water partition coefficient (Wildman–Crippen LogP) is 4.93. The molecule has 0 bridgehead atoms. The molecule has 2 N–H and O–H groups in total. The molecule has 6 heteroatoms. The third-order valence-electron chi connectivity index (χ3n) is 4.90. The van der Waals surface area contributed by atoms with Gasteiger partial charge in [0.15, 0.2) is 5.65 Å². The zero-order chi connectivity index (χ0) is 20.3. The van der Waals surface area contributed by atoms with E-state index in [0.29, 0.717) is 5.69 Å². The van der Waals surface area contributed by atoms with E-state index < -0.39 is 0 Å². The van der Waals surface area contributed by atoms with Gasteiger partial charge in [-0.1, -0.05) is 58.9 Å². The summed E-state index contributed by atoms with van der Waals surface area (Å²) >= 11 is 0. The van der Waals surface area contributed by atoms with Gasteiger partial charge in [0.2, 0.25) is 0 Å². The second-order valence-electron chi connectivity index (χ2n) is 7.77. The average Bonchev–Trinajstić information content (AvgIpc) is 3.09. The van der Waals surface area contributed by atoms with Crippen molar-refractivity contribution in [3.05, 3.63) is 59.5 Å². The van der Waals surface area contributed by atoms with Crippen LogP contribution in [0.15, 0.2) is 42.6 Å². The van der Waals surface area contributed by atoms with Gasteiger partial charge in [-0.25, -0.2) is 4.79 Å². The number of urea groups is 1. The normalized spacial score (nSPS) is 12.5. The van der Waals surface area contributed by atoms with Crippen LogP contribution in [-0.2, 0) is 6.42 Å². The van der Waals surface area contributed by atoms with E-state index in [9.17, 15) is 4.79 Å².